The lowest BCUT2D eigenvalue weighted by Crippen LogP contribution is -2.23. The van der Waals surface area contributed by atoms with E-state index in [9.17, 15) is 0 Å². The van der Waals surface area contributed by atoms with E-state index in [1.165, 1.54) is 7.11 Å². The van der Waals surface area contributed by atoms with Gasteiger partial charge >= 0.3 is 0 Å². The fraction of sp³-hybridized carbons (Fsp3) is 0.600. The highest BCUT2D eigenvalue weighted by atomic mass is 35.5. The van der Waals surface area contributed by atoms with Crippen LogP contribution in [-0.4, -0.2) is 35.7 Å². The van der Waals surface area contributed by atoms with E-state index in [-0.39, 0.29) is 0 Å². The minimum atomic E-state index is 0.362. The van der Waals surface area contributed by atoms with E-state index in [0.717, 1.165) is 13.0 Å². The van der Waals surface area contributed by atoms with Crippen LogP contribution in [0.15, 0.2) is 6.20 Å². The standard InChI is InChI=1S/C10H15ClN4O/c1-6-3-7(4-12-6)14-10-13-5-8(11)9(15-10)16-2/h5-7,12H,3-4H2,1-2H3,(H,13,14,15)/t6-,7-/m1/s1. The third kappa shape index (κ3) is 2.54. The number of nitrogens with one attached hydrogen (secondary N) is 2. The van der Waals surface area contributed by atoms with E-state index in [1.54, 1.807) is 6.20 Å². The first kappa shape index (κ1) is 11.4. The van der Waals surface area contributed by atoms with Crippen molar-refractivity contribution in [3.8, 4) is 5.88 Å². The molecule has 0 bridgehead atoms. The average Bonchev–Trinajstić information content (AvgIpc) is 2.67. The maximum absolute atomic E-state index is 5.85. The Morgan fingerprint density at radius 2 is 2.44 bits per heavy atom. The van der Waals surface area contributed by atoms with Gasteiger partial charge in [-0.1, -0.05) is 11.6 Å². The molecule has 0 saturated carbocycles. The van der Waals surface area contributed by atoms with Crippen LogP contribution in [0.2, 0.25) is 5.02 Å². The number of hydrogen-bond acceptors (Lipinski definition) is 5. The Morgan fingerprint density at radius 3 is 3.06 bits per heavy atom. The zero-order chi connectivity index (χ0) is 11.5. The van der Waals surface area contributed by atoms with Crippen molar-refractivity contribution in [3.05, 3.63) is 11.2 Å². The van der Waals surface area contributed by atoms with E-state index in [1.807, 2.05) is 0 Å². The van der Waals surface area contributed by atoms with Gasteiger partial charge in [0.2, 0.25) is 11.8 Å². The lowest BCUT2D eigenvalue weighted by Gasteiger charge is -2.12. The maximum Gasteiger partial charge on any atom is 0.237 e. The van der Waals surface area contributed by atoms with Crippen LogP contribution >= 0.6 is 11.6 Å². The van der Waals surface area contributed by atoms with E-state index in [4.69, 9.17) is 16.3 Å². The third-order valence-electron chi connectivity index (χ3n) is 2.59. The van der Waals surface area contributed by atoms with Crippen molar-refractivity contribution >= 4 is 17.5 Å². The van der Waals surface area contributed by atoms with Gasteiger partial charge in [-0.15, -0.1) is 0 Å². The fourth-order valence-corrected chi connectivity index (χ4v) is 1.96. The molecule has 1 fully saturated rings. The Labute approximate surface area is 99.6 Å². The Hall–Kier alpha value is -1.07. The molecule has 2 heterocycles. The van der Waals surface area contributed by atoms with Gasteiger partial charge in [-0.3, -0.25) is 0 Å². The lowest BCUT2D eigenvalue weighted by atomic mass is 10.2. The summed E-state index contributed by atoms with van der Waals surface area (Å²) in [6, 6.07) is 0.896. The molecule has 2 rings (SSSR count). The van der Waals surface area contributed by atoms with Crippen molar-refractivity contribution in [2.24, 2.45) is 0 Å². The number of halogens is 1. The summed E-state index contributed by atoms with van der Waals surface area (Å²) in [5.74, 6) is 0.959. The van der Waals surface area contributed by atoms with E-state index < -0.39 is 0 Å². The number of aromatic nitrogens is 2. The summed E-state index contributed by atoms with van der Waals surface area (Å²) >= 11 is 5.85. The summed E-state index contributed by atoms with van der Waals surface area (Å²) in [6.07, 6.45) is 2.61. The normalized spacial score (nSPS) is 24.4. The second-order valence-corrected chi connectivity index (χ2v) is 4.34. The molecule has 16 heavy (non-hydrogen) atoms. The number of nitrogens with zero attached hydrogens (tertiary/aromatic N) is 2. The molecule has 2 N–H and O–H groups in total. The van der Waals surface area contributed by atoms with Crippen LogP contribution in [0.25, 0.3) is 0 Å². The second kappa shape index (κ2) is 4.84. The van der Waals surface area contributed by atoms with E-state index >= 15 is 0 Å². The van der Waals surface area contributed by atoms with Crippen LogP contribution in [0.3, 0.4) is 0 Å². The van der Waals surface area contributed by atoms with Crippen molar-refractivity contribution in [2.75, 3.05) is 19.0 Å². The molecule has 5 nitrogen and oxygen atoms in total. The third-order valence-corrected chi connectivity index (χ3v) is 2.85. The van der Waals surface area contributed by atoms with Crippen molar-refractivity contribution in [1.29, 1.82) is 0 Å². The van der Waals surface area contributed by atoms with Gasteiger partial charge in [0.05, 0.1) is 13.3 Å². The van der Waals surface area contributed by atoms with Gasteiger partial charge in [0.25, 0.3) is 0 Å². The number of ether oxygens (including phenoxy) is 1. The topological polar surface area (TPSA) is 59.1 Å². The molecular formula is C10H15ClN4O. The van der Waals surface area contributed by atoms with Crippen molar-refractivity contribution in [1.82, 2.24) is 15.3 Å². The number of anilines is 1. The van der Waals surface area contributed by atoms with Crippen molar-refractivity contribution < 1.29 is 4.74 Å². The van der Waals surface area contributed by atoms with Crippen LogP contribution in [0.5, 0.6) is 5.88 Å². The van der Waals surface area contributed by atoms with Crippen molar-refractivity contribution in [2.45, 2.75) is 25.4 Å². The van der Waals surface area contributed by atoms with E-state index in [2.05, 4.69) is 27.5 Å². The largest absolute Gasteiger partial charge is 0.480 e. The Kier molecular flexibility index (Phi) is 3.46. The summed E-state index contributed by atoms with van der Waals surface area (Å²) in [6.45, 7) is 3.08. The Balaban J connectivity index is 2.04. The molecule has 0 aromatic carbocycles. The van der Waals surface area contributed by atoms with Gasteiger partial charge in [-0.05, 0) is 13.3 Å². The first-order valence-corrected chi connectivity index (χ1v) is 5.63. The molecular weight excluding hydrogens is 228 g/mol. The molecule has 1 aromatic rings. The summed E-state index contributed by atoms with van der Waals surface area (Å²) in [5, 5.41) is 7.03. The predicted molar refractivity (Wildman–Crippen MR) is 63.1 cm³/mol. The summed E-state index contributed by atoms with van der Waals surface area (Å²) < 4.78 is 5.03. The highest BCUT2D eigenvalue weighted by Crippen LogP contribution is 2.22. The van der Waals surface area contributed by atoms with Gasteiger partial charge in [-0.25, -0.2) is 4.98 Å². The van der Waals surface area contributed by atoms with Gasteiger partial charge in [0, 0.05) is 18.6 Å². The van der Waals surface area contributed by atoms with Crippen LogP contribution < -0.4 is 15.4 Å². The molecule has 0 amide bonds. The maximum atomic E-state index is 5.85. The number of methoxy groups -OCH3 is 1. The van der Waals surface area contributed by atoms with Crippen LogP contribution in [0, 0.1) is 0 Å². The number of rotatable bonds is 3. The minimum absolute atomic E-state index is 0.362. The monoisotopic (exact) mass is 242 g/mol. The predicted octanol–water partition coefficient (Wildman–Crippen LogP) is 1.30. The van der Waals surface area contributed by atoms with Crippen LogP contribution in [0.1, 0.15) is 13.3 Å². The Morgan fingerprint density at radius 1 is 1.62 bits per heavy atom. The smallest absolute Gasteiger partial charge is 0.237 e. The molecule has 1 saturated heterocycles. The average molecular weight is 243 g/mol. The summed E-state index contributed by atoms with van der Waals surface area (Å²) in [4.78, 5) is 8.29. The minimum Gasteiger partial charge on any atom is -0.480 e. The summed E-state index contributed by atoms with van der Waals surface area (Å²) in [5.41, 5.74) is 0. The first-order chi connectivity index (χ1) is 7.69. The van der Waals surface area contributed by atoms with Gasteiger partial charge in [0.1, 0.15) is 5.02 Å². The summed E-state index contributed by atoms with van der Waals surface area (Å²) in [7, 11) is 1.54. The van der Waals surface area contributed by atoms with Gasteiger partial charge < -0.3 is 15.4 Å². The van der Waals surface area contributed by atoms with Crippen LogP contribution in [0.4, 0.5) is 5.95 Å². The molecule has 0 spiro atoms. The van der Waals surface area contributed by atoms with Gasteiger partial charge in [-0.2, -0.15) is 4.98 Å². The zero-order valence-electron chi connectivity index (χ0n) is 9.33. The first-order valence-electron chi connectivity index (χ1n) is 5.25. The molecule has 1 aliphatic rings. The molecule has 0 aliphatic carbocycles. The number of hydrogen-bond donors (Lipinski definition) is 2. The molecule has 6 heteroatoms. The molecule has 0 unspecified atom stereocenters. The fourth-order valence-electron chi connectivity index (χ4n) is 1.79. The highest BCUT2D eigenvalue weighted by Gasteiger charge is 2.21. The van der Waals surface area contributed by atoms with Gasteiger partial charge in [0.15, 0.2) is 0 Å². The quantitative estimate of drug-likeness (QED) is 0.837. The van der Waals surface area contributed by atoms with Crippen LogP contribution in [-0.2, 0) is 0 Å². The lowest BCUT2D eigenvalue weighted by molar-refractivity contribution is 0.397. The molecule has 2 atom stereocenters. The molecule has 1 aromatic heterocycles. The Bertz CT molecular complexity index is 374. The van der Waals surface area contributed by atoms with Crippen molar-refractivity contribution in [3.63, 3.8) is 0 Å². The molecule has 0 radical (unpaired) electrons. The second-order valence-electron chi connectivity index (χ2n) is 3.94. The SMILES string of the molecule is COc1nc(N[C@H]2CN[C@H](C)C2)ncc1Cl. The van der Waals surface area contributed by atoms with E-state index in [0.29, 0.717) is 28.9 Å². The molecule has 1 aliphatic heterocycles. The molecule has 88 valence electrons. The highest BCUT2D eigenvalue weighted by molar-refractivity contribution is 6.31. The zero-order valence-corrected chi connectivity index (χ0v) is 10.1.